The maximum absolute atomic E-state index is 11.9. The number of amides is 1. The number of thioether (sulfide) groups is 1. The zero-order valence-electron chi connectivity index (χ0n) is 13.4. The smallest absolute Gasteiger partial charge is 0.250 e. The molecule has 0 unspecified atom stereocenters. The molecule has 0 bridgehead atoms. The SMILES string of the molecule is Cc1ccccc1CSCC(=O)NN=C1CCCCCCC1. The average Bonchev–Trinajstić information content (AvgIpc) is 2.48. The van der Waals surface area contributed by atoms with E-state index in [0.29, 0.717) is 5.75 Å². The molecule has 1 amide bonds. The molecule has 120 valence electrons. The minimum atomic E-state index is 0.00754. The molecule has 1 N–H and O–H groups in total. The fourth-order valence-electron chi connectivity index (χ4n) is 2.62. The molecule has 0 saturated heterocycles. The van der Waals surface area contributed by atoms with Gasteiger partial charge in [0.05, 0.1) is 5.75 Å². The number of aryl methyl sites for hydroxylation is 1. The third-order valence-electron chi connectivity index (χ3n) is 4.02. The van der Waals surface area contributed by atoms with Gasteiger partial charge in [-0.15, -0.1) is 11.8 Å². The van der Waals surface area contributed by atoms with Crippen LogP contribution >= 0.6 is 11.8 Å². The highest BCUT2D eigenvalue weighted by atomic mass is 32.2. The van der Waals surface area contributed by atoms with E-state index in [2.05, 4.69) is 29.6 Å². The summed E-state index contributed by atoms with van der Waals surface area (Å²) >= 11 is 1.64. The molecule has 1 saturated carbocycles. The highest BCUT2D eigenvalue weighted by Crippen LogP contribution is 2.16. The number of hydrogen-bond donors (Lipinski definition) is 1. The fraction of sp³-hybridized carbons (Fsp3) is 0.556. The summed E-state index contributed by atoms with van der Waals surface area (Å²) in [6, 6.07) is 8.32. The van der Waals surface area contributed by atoms with Crippen LogP contribution in [-0.4, -0.2) is 17.4 Å². The van der Waals surface area contributed by atoms with Crippen LogP contribution in [-0.2, 0) is 10.5 Å². The van der Waals surface area contributed by atoms with E-state index in [9.17, 15) is 4.79 Å². The Morgan fingerprint density at radius 1 is 1.14 bits per heavy atom. The third kappa shape index (κ3) is 6.22. The first kappa shape index (κ1) is 17.1. The molecule has 0 aliphatic heterocycles. The van der Waals surface area contributed by atoms with Crippen molar-refractivity contribution in [2.45, 2.75) is 57.6 Å². The molecule has 1 aromatic rings. The third-order valence-corrected chi connectivity index (χ3v) is 5.00. The van der Waals surface area contributed by atoms with E-state index < -0.39 is 0 Å². The normalized spacial score (nSPS) is 15.8. The van der Waals surface area contributed by atoms with Crippen LogP contribution in [0.25, 0.3) is 0 Å². The van der Waals surface area contributed by atoms with E-state index in [1.165, 1.54) is 43.2 Å². The Kier molecular flexibility index (Phi) is 7.50. The molecule has 4 heteroatoms. The van der Waals surface area contributed by atoms with E-state index >= 15 is 0 Å². The fourth-order valence-corrected chi connectivity index (χ4v) is 3.52. The molecule has 3 nitrogen and oxygen atoms in total. The van der Waals surface area contributed by atoms with Crippen molar-refractivity contribution in [1.82, 2.24) is 5.43 Å². The van der Waals surface area contributed by atoms with Crippen molar-refractivity contribution in [2.75, 3.05) is 5.75 Å². The molecule has 0 atom stereocenters. The first-order valence-electron chi connectivity index (χ1n) is 8.22. The summed E-state index contributed by atoms with van der Waals surface area (Å²) in [5, 5.41) is 4.33. The van der Waals surface area contributed by atoms with Crippen LogP contribution < -0.4 is 5.43 Å². The zero-order valence-corrected chi connectivity index (χ0v) is 14.3. The van der Waals surface area contributed by atoms with Gasteiger partial charge in [0, 0.05) is 11.5 Å². The summed E-state index contributed by atoms with van der Waals surface area (Å²) in [4.78, 5) is 11.9. The van der Waals surface area contributed by atoms with Gasteiger partial charge in [0.1, 0.15) is 0 Å². The van der Waals surface area contributed by atoms with Crippen molar-refractivity contribution < 1.29 is 4.79 Å². The van der Waals surface area contributed by atoms with Crippen molar-refractivity contribution in [2.24, 2.45) is 5.10 Å². The molecule has 2 rings (SSSR count). The number of nitrogens with zero attached hydrogens (tertiary/aromatic N) is 1. The Hall–Kier alpha value is -1.29. The van der Waals surface area contributed by atoms with Gasteiger partial charge in [-0.2, -0.15) is 5.10 Å². The number of rotatable bonds is 5. The largest absolute Gasteiger partial charge is 0.272 e. The highest BCUT2D eigenvalue weighted by Gasteiger charge is 2.06. The molecular weight excluding hydrogens is 292 g/mol. The summed E-state index contributed by atoms with van der Waals surface area (Å²) in [6.07, 6.45) is 8.41. The molecule has 1 aromatic carbocycles. The van der Waals surface area contributed by atoms with Crippen LogP contribution in [0, 0.1) is 6.92 Å². The molecular formula is C18H26N2OS. The quantitative estimate of drug-likeness (QED) is 0.815. The Morgan fingerprint density at radius 3 is 2.55 bits per heavy atom. The van der Waals surface area contributed by atoms with Crippen molar-refractivity contribution in [3.05, 3.63) is 35.4 Å². The Bertz CT molecular complexity index is 504. The van der Waals surface area contributed by atoms with Crippen LogP contribution in [0.1, 0.15) is 56.1 Å². The van der Waals surface area contributed by atoms with Gasteiger partial charge in [-0.1, -0.05) is 43.5 Å². The Balaban J connectivity index is 1.70. The lowest BCUT2D eigenvalue weighted by Gasteiger charge is -2.11. The van der Waals surface area contributed by atoms with Gasteiger partial charge in [-0.25, -0.2) is 5.43 Å². The van der Waals surface area contributed by atoms with Gasteiger partial charge in [0.25, 0.3) is 0 Å². The maximum Gasteiger partial charge on any atom is 0.250 e. The monoisotopic (exact) mass is 318 g/mol. The first-order valence-corrected chi connectivity index (χ1v) is 9.37. The summed E-state index contributed by atoms with van der Waals surface area (Å²) in [6.45, 7) is 2.11. The second kappa shape index (κ2) is 9.67. The second-order valence-electron chi connectivity index (χ2n) is 5.90. The van der Waals surface area contributed by atoms with Gasteiger partial charge in [-0.3, -0.25) is 4.79 Å². The van der Waals surface area contributed by atoms with E-state index in [4.69, 9.17) is 0 Å². The molecule has 1 aliphatic carbocycles. The van der Waals surface area contributed by atoms with Crippen LogP contribution in [0.5, 0.6) is 0 Å². The van der Waals surface area contributed by atoms with Crippen molar-refractivity contribution in [3.8, 4) is 0 Å². The van der Waals surface area contributed by atoms with Crippen LogP contribution in [0.2, 0.25) is 0 Å². The first-order chi connectivity index (χ1) is 10.8. The minimum absolute atomic E-state index is 0.00754. The van der Waals surface area contributed by atoms with Crippen LogP contribution in [0.3, 0.4) is 0 Å². The lowest BCUT2D eigenvalue weighted by Crippen LogP contribution is -2.22. The Labute approximate surface area is 138 Å². The number of benzene rings is 1. The predicted octanol–water partition coefficient (Wildman–Crippen LogP) is 4.44. The summed E-state index contributed by atoms with van der Waals surface area (Å²) in [7, 11) is 0. The lowest BCUT2D eigenvalue weighted by molar-refractivity contribution is -0.118. The van der Waals surface area contributed by atoms with Gasteiger partial charge in [0.15, 0.2) is 0 Å². The van der Waals surface area contributed by atoms with Crippen LogP contribution in [0.4, 0.5) is 0 Å². The topological polar surface area (TPSA) is 41.5 Å². The summed E-state index contributed by atoms with van der Waals surface area (Å²) in [5.74, 6) is 1.34. The molecule has 0 aromatic heterocycles. The second-order valence-corrected chi connectivity index (χ2v) is 6.89. The molecule has 22 heavy (non-hydrogen) atoms. The number of hydrazone groups is 1. The number of carbonyl (C=O) groups excluding carboxylic acids is 1. The standard InChI is InChI=1S/C18H26N2OS/c1-15-9-7-8-10-16(15)13-22-14-18(21)20-19-17-11-5-3-2-4-6-12-17/h7-10H,2-6,11-14H2,1H3,(H,20,21). The Morgan fingerprint density at radius 2 is 1.82 bits per heavy atom. The van der Waals surface area contributed by atoms with E-state index in [-0.39, 0.29) is 5.91 Å². The predicted molar refractivity (Wildman–Crippen MR) is 95.2 cm³/mol. The number of carbonyl (C=O) groups is 1. The van der Waals surface area contributed by atoms with Crippen LogP contribution in [0.15, 0.2) is 29.4 Å². The molecule has 1 fully saturated rings. The maximum atomic E-state index is 11.9. The molecule has 0 spiro atoms. The average molecular weight is 318 g/mol. The van der Waals surface area contributed by atoms with Crippen molar-refractivity contribution >= 4 is 23.4 Å². The minimum Gasteiger partial charge on any atom is -0.272 e. The molecule has 1 aliphatic rings. The van der Waals surface area contributed by atoms with E-state index in [1.54, 1.807) is 11.8 Å². The van der Waals surface area contributed by atoms with Gasteiger partial charge in [0.2, 0.25) is 5.91 Å². The molecule has 0 heterocycles. The van der Waals surface area contributed by atoms with Crippen molar-refractivity contribution in [3.63, 3.8) is 0 Å². The van der Waals surface area contributed by atoms with Crippen molar-refractivity contribution in [1.29, 1.82) is 0 Å². The summed E-state index contributed by atoms with van der Waals surface area (Å²) < 4.78 is 0. The number of hydrogen-bond acceptors (Lipinski definition) is 3. The highest BCUT2D eigenvalue weighted by molar-refractivity contribution is 7.99. The number of nitrogens with one attached hydrogen (secondary N) is 1. The summed E-state index contributed by atoms with van der Waals surface area (Å²) in [5.41, 5.74) is 6.47. The van der Waals surface area contributed by atoms with Gasteiger partial charge < -0.3 is 0 Å². The van der Waals surface area contributed by atoms with Gasteiger partial charge in [-0.05, 0) is 43.7 Å². The molecule has 0 radical (unpaired) electrons. The lowest BCUT2D eigenvalue weighted by atomic mass is 9.99. The zero-order chi connectivity index (χ0) is 15.6. The van der Waals surface area contributed by atoms with Gasteiger partial charge >= 0.3 is 0 Å². The van der Waals surface area contributed by atoms with E-state index in [1.807, 2.05) is 12.1 Å². The van der Waals surface area contributed by atoms with E-state index in [0.717, 1.165) is 24.3 Å².